The van der Waals surface area contributed by atoms with Gasteiger partial charge >= 0.3 is 0 Å². The molecule has 2 heterocycles. The Kier molecular flexibility index (Phi) is 7.88. The smallest absolute Gasteiger partial charge is 0.0992 e. The fourth-order valence-corrected chi connectivity index (χ4v) is 12.3. The van der Waals surface area contributed by atoms with Crippen LogP contribution in [0.15, 0.2) is 218 Å². The highest BCUT2D eigenvalue weighted by Crippen LogP contribution is 2.51. The van der Waals surface area contributed by atoms with Crippen LogP contribution in [-0.4, -0.2) is 9.13 Å². The van der Waals surface area contributed by atoms with E-state index in [1.807, 2.05) is 36.4 Å². The third kappa shape index (κ3) is 5.17. The van der Waals surface area contributed by atoms with Crippen molar-refractivity contribution in [2.24, 2.45) is 0 Å². The van der Waals surface area contributed by atoms with E-state index < -0.39 is 0 Å². The van der Waals surface area contributed by atoms with E-state index >= 15 is 0 Å². The van der Waals surface area contributed by atoms with Crippen molar-refractivity contribution in [3.8, 4) is 56.9 Å². The van der Waals surface area contributed by atoms with Crippen molar-refractivity contribution < 1.29 is 0 Å². The van der Waals surface area contributed by atoms with Crippen LogP contribution >= 0.6 is 0 Å². The van der Waals surface area contributed by atoms with Crippen LogP contribution in [0.2, 0.25) is 0 Å². The highest BCUT2D eigenvalue weighted by Gasteiger charge is 2.25. The van der Waals surface area contributed by atoms with Crippen molar-refractivity contribution >= 4 is 97.5 Å². The first-order valence-electron chi connectivity index (χ1n) is 23.7. The van der Waals surface area contributed by atoms with Crippen molar-refractivity contribution in [1.29, 1.82) is 10.5 Å². The van der Waals surface area contributed by atoms with Gasteiger partial charge in [-0.15, -0.1) is 0 Å². The van der Waals surface area contributed by atoms with Crippen molar-refractivity contribution in [3.05, 3.63) is 230 Å². The van der Waals surface area contributed by atoms with Gasteiger partial charge in [-0.05, 0) is 148 Å². The first-order valence-corrected chi connectivity index (χ1v) is 23.7. The largest absolute Gasteiger partial charge is 0.309 e. The Morgan fingerprint density at radius 2 is 0.629 bits per heavy atom. The second kappa shape index (κ2) is 14.4. The van der Waals surface area contributed by atoms with E-state index in [2.05, 4.69) is 203 Å². The van der Waals surface area contributed by atoms with Crippen LogP contribution in [0.3, 0.4) is 0 Å². The summed E-state index contributed by atoms with van der Waals surface area (Å²) in [4.78, 5) is 0. The summed E-state index contributed by atoms with van der Waals surface area (Å²) in [5, 5.41) is 36.7. The van der Waals surface area contributed by atoms with Crippen LogP contribution in [0.5, 0.6) is 0 Å². The maximum Gasteiger partial charge on any atom is 0.0992 e. The SMILES string of the molecule is N#Cc1cc2ccc3c(-c4ccc(-c5c6ccccc6c(-c6ccc7c8c6ccc6cc(C#N)cc(c68)n7-c6ccccc6)c6ccccc56)c5ccccc45)ccc4c3c2c(c1)n4-c1ccccc1. The zero-order chi connectivity index (χ0) is 46.2. The van der Waals surface area contributed by atoms with Crippen LogP contribution in [-0.2, 0) is 0 Å². The zero-order valence-electron chi connectivity index (χ0n) is 37.6. The molecule has 13 aromatic carbocycles. The lowest BCUT2D eigenvalue weighted by Crippen LogP contribution is -1.94. The Hall–Kier alpha value is -9.74. The highest BCUT2D eigenvalue weighted by atomic mass is 15.0. The Bertz CT molecular complexity index is 4710. The lowest BCUT2D eigenvalue weighted by Gasteiger charge is -2.21. The van der Waals surface area contributed by atoms with Crippen molar-refractivity contribution in [2.45, 2.75) is 0 Å². The normalized spacial score (nSPS) is 12.0. The van der Waals surface area contributed by atoms with Gasteiger partial charge in [0.15, 0.2) is 0 Å². The van der Waals surface area contributed by atoms with Gasteiger partial charge < -0.3 is 9.13 Å². The monoisotopic (exact) mass is 884 g/mol. The minimum Gasteiger partial charge on any atom is -0.309 e. The lowest BCUT2D eigenvalue weighted by molar-refractivity contribution is 1.18. The van der Waals surface area contributed by atoms with Crippen LogP contribution in [0.4, 0.5) is 0 Å². The molecule has 0 N–H and O–H groups in total. The van der Waals surface area contributed by atoms with E-state index in [0.29, 0.717) is 11.1 Å². The van der Waals surface area contributed by atoms with Gasteiger partial charge in [0.05, 0.1) is 45.3 Å². The second-order valence-electron chi connectivity index (χ2n) is 18.5. The quantitative estimate of drug-likeness (QED) is 0.128. The summed E-state index contributed by atoms with van der Waals surface area (Å²) in [6, 6.07) is 83.4. The maximum atomic E-state index is 10.1. The Labute approximate surface area is 401 Å². The van der Waals surface area contributed by atoms with Crippen LogP contribution in [0.25, 0.3) is 142 Å². The molecule has 15 aromatic rings. The molecule has 70 heavy (non-hydrogen) atoms. The molecule has 15 rings (SSSR count). The predicted molar refractivity (Wildman–Crippen MR) is 291 cm³/mol. The third-order valence-electron chi connectivity index (χ3n) is 15.0. The first-order chi connectivity index (χ1) is 34.7. The van der Waals surface area contributed by atoms with Crippen molar-refractivity contribution in [3.63, 3.8) is 0 Å². The molecule has 0 saturated heterocycles. The summed E-state index contributed by atoms with van der Waals surface area (Å²) in [5.74, 6) is 0. The molecule has 2 aromatic heterocycles. The molecule has 0 unspecified atom stereocenters. The van der Waals surface area contributed by atoms with E-state index in [1.54, 1.807) is 0 Å². The van der Waals surface area contributed by atoms with Gasteiger partial charge in [-0.25, -0.2) is 0 Å². The van der Waals surface area contributed by atoms with Crippen molar-refractivity contribution in [2.75, 3.05) is 0 Å². The average molecular weight is 885 g/mol. The average Bonchev–Trinajstić information content (AvgIpc) is 3.95. The van der Waals surface area contributed by atoms with Gasteiger partial charge in [-0.2, -0.15) is 10.5 Å². The fourth-order valence-electron chi connectivity index (χ4n) is 12.3. The van der Waals surface area contributed by atoms with Gasteiger partial charge in [0, 0.05) is 32.9 Å². The van der Waals surface area contributed by atoms with Crippen LogP contribution in [0.1, 0.15) is 11.1 Å². The van der Waals surface area contributed by atoms with Crippen molar-refractivity contribution in [1.82, 2.24) is 9.13 Å². The van der Waals surface area contributed by atoms with Gasteiger partial charge in [-0.3, -0.25) is 0 Å². The number of benzene rings is 13. The number of hydrogen-bond acceptors (Lipinski definition) is 2. The van der Waals surface area contributed by atoms with Gasteiger partial charge in [0.25, 0.3) is 0 Å². The third-order valence-corrected chi connectivity index (χ3v) is 15.0. The molecule has 4 heteroatoms. The molecule has 0 aliphatic rings. The summed E-state index contributed by atoms with van der Waals surface area (Å²) in [6.07, 6.45) is 0. The lowest BCUT2D eigenvalue weighted by atomic mass is 9.82. The molecule has 0 amide bonds. The Balaban J connectivity index is 0.973. The van der Waals surface area contributed by atoms with Crippen LogP contribution < -0.4 is 0 Å². The molecule has 0 aliphatic heterocycles. The van der Waals surface area contributed by atoms with Gasteiger partial charge in [0.2, 0.25) is 0 Å². The number of fused-ring (bicyclic) bond motifs is 3. The summed E-state index contributed by atoms with van der Waals surface area (Å²) in [6.45, 7) is 0. The molecule has 0 spiro atoms. The molecule has 0 aliphatic carbocycles. The minimum absolute atomic E-state index is 0.651. The Morgan fingerprint density at radius 3 is 1.10 bits per heavy atom. The first kappa shape index (κ1) is 38.4. The highest BCUT2D eigenvalue weighted by molar-refractivity contribution is 6.32. The molecule has 0 radical (unpaired) electrons. The van der Waals surface area contributed by atoms with Gasteiger partial charge in [-0.1, -0.05) is 158 Å². The topological polar surface area (TPSA) is 57.4 Å². The van der Waals surface area contributed by atoms with E-state index in [9.17, 15) is 10.5 Å². The van der Waals surface area contributed by atoms with Crippen LogP contribution in [0, 0.1) is 22.7 Å². The van der Waals surface area contributed by atoms with E-state index in [-0.39, 0.29) is 0 Å². The summed E-state index contributed by atoms with van der Waals surface area (Å²) >= 11 is 0. The van der Waals surface area contributed by atoms with Gasteiger partial charge in [0.1, 0.15) is 0 Å². The number of hydrogen-bond donors (Lipinski definition) is 0. The van der Waals surface area contributed by atoms with E-state index in [4.69, 9.17) is 0 Å². The summed E-state index contributed by atoms with van der Waals surface area (Å²) in [5.41, 5.74) is 14.9. The zero-order valence-corrected chi connectivity index (χ0v) is 37.6. The standard InChI is InChI=1S/C66H36N4/c67-37-39-33-41-23-25-54-48(29-31-57-65(54)61(41)59(35-39)69(57)43-13-3-1-4-14-43)47-27-28-53(46-18-8-7-17-45(46)47)63-49-19-9-11-21-51(49)64(52-22-12-10-20-50(52)63)55-30-32-58-66-56(55)26-24-42-34-40(38-68)36-60(62(42)66)70(58)44-15-5-2-6-16-44/h1-36H. The molecule has 4 nitrogen and oxygen atoms in total. The summed E-state index contributed by atoms with van der Waals surface area (Å²) in [7, 11) is 0. The predicted octanol–water partition coefficient (Wildman–Crippen LogP) is 17.3. The summed E-state index contributed by atoms with van der Waals surface area (Å²) < 4.78 is 4.63. The molecule has 0 fully saturated rings. The second-order valence-corrected chi connectivity index (χ2v) is 18.5. The maximum absolute atomic E-state index is 10.1. The molecule has 0 saturated carbocycles. The molecular formula is C66H36N4. The molecule has 0 atom stereocenters. The number of rotatable bonds is 5. The molecule has 0 bridgehead atoms. The number of para-hydroxylation sites is 2. The Morgan fingerprint density at radius 1 is 0.271 bits per heavy atom. The number of nitriles is 2. The van der Waals surface area contributed by atoms with E-state index in [1.165, 1.54) is 98.0 Å². The molecular weight excluding hydrogens is 849 g/mol. The number of nitrogens with zero attached hydrogens (tertiary/aromatic N) is 4. The van der Waals surface area contributed by atoms with E-state index in [0.717, 1.165) is 44.2 Å². The number of aromatic nitrogens is 2. The molecule has 320 valence electrons. The fraction of sp³-hybridized carbons (Fsp3) is 0. The minimum atomic E-state index is 0.651.